The number of aromatic nitrogens is 4. The maximum absolute atomic E-state index is 5.56. The smallest absolute Gasteiger partial charge is 0.160 e. The molecule has 0 bridgehead atoms. The molecular formula is C7H6BrN5. The van der Waals surface area contributed by atoms with Crippen LogP contribution in [-0.4, -0.2) is 19.7 Å². The third-order valence-electron chi connectivity index (χ3n) is 1.51. The summed E-state index contributed by atoms with van der Waals surface area (Å²) < 4.78 is 2.37. The van der Waals surface area contributed by atoms with Crippen molar-refractivity contribution in [1.29, 1.82) is 0 Å². The van der Waals surface area contributed by atoms with E-state index in [0.717, 1.165) is 10.2 Å². The van der Waals surface area contributed by atoms with Crippen LogP contribution in [0.25, 0.3) is 5.69 Å². The van der Waals surface area contributed by atoms with Crippen molar-refractivity contribution in [3.63, 3.8) is 0 Å². The van der Waals surface area contributed by atoms with E-state index in [1.54, 1.807) is 23.3 Å². The van der Waals surface area contributed by atoms with Gasteiger partial charge in [0.15, 0.2) is 5.82 Å². The van der Waals surface area contributed by atoms with Crippen molar-refractivity contribution in [2.24, 2.45) is 0 Å². The first kappa shape index (κ1) is 8.18. The van der Waals surface area contributed by atoms with Gasteiger partial charge >= 0.3 is 0 Å². The molecule has 2 N–H and O–H groups in total. The van der Waals surface area contributed by atoms with E-state index in [1.165, 1.54) is 6.33 Å². The molecule has 0 saturated carbocycles. The Labute approximate surface area is 82.7 Å². The van der Waals surface area contributed by atoms with Gasteiger partial charge in [-0.1, -0.05) is 0 Å². The predicted octanol–water partition coefficient (Wildman–Crippen LogP) is 1.01. The third-order valence-corrected chi connectivity index (χ3v) is 2.12. The summed E-state index contributed by atoms with van der Waals surface area (Å²) in [6.07, 6.45) is 6.54. The Kier molecular flexibility index (Phi) is 1.97. The van der Waals surface area contributed by atoms with E-state index in [9.17, 15) is 0 Å². The van der Waals surface area contributed by atoms with Gasteiger partial charge in [-0.25, -0.2) is 14.6 Å². The predicted molar refractivity (Wildman–Crippen MR) is 51.3 cm³/mol. The van der Waals surface area contributed by atoms with Gasteiger partial charge in [-0.15, -0.1) is 5.10 Å². The van der Waals surface area contributed by atoms with Crippen molar-refractivity contribution in [2.45, 2.75) is 0 Å². The lowest BCUT2D eigenvalue weighted by atomic mass is 10.5. The number of hydrogen-bond donors (Lipinski definition) is 1. The van der Waals surface area contributed by atoms with E-state index in [-0.39, 0.29) is 0 Å². The summed E-state index contributed by atoms with van der Waals surface area (Å²) >= 11 is 3.26. The zero-order valence-corrected chi connectivity index (χ0v) is 8.14. The second kappa shape index (κ2) is 3.14. The van der Waals surface area contributed by atoms with Gasteiger partial charge in [0.25, 0.3) is 0 Å². The molecular weight excluding hydrogens is 234 g/mol. The lowest BCUT2D eigenvalue weighted by Gasteiger charge is -1.96. The Morgan fingerprint density at radius 3 is 2.54 bits per heavy atom. The van der Waals surface area contributed by atoms with Gasteiger partial charge in [-0.05, 0) is 15.9 Å². The molecule has 0 aromatic carbocycles. The molecule has 66 valence electrons. The van der Waals surface area contributed by atoms with Crippen molar-refractivity contribution >= 4 is 21.7 Å². The van der Waals surface area contributed by atoms with Gasteiger partial charge in [0.2, 0.25) is 0 Å². The third kappa shape index (κ3) is 1.52. The normalized spacial score (nSPS) is 10.2. The molecule has 13 heavy (non-hydrogen) atoms. The Hall–Kier alpha value is -1.43. The second-order valence-corrected chi connectivity index (χ2v) is 3.26. The van der Waals surface area contributed by atoms with Crippen LogP contribution in [0, 0.1) is 0 Å². The highest BCUT2D eigenvalue weighted by Gasteiger charge is 2.03. The van der Waals surface area contributed by atoms with Crippen molar-refractivity contribution in [2.75, 3.05) is 5.73 Å². The summed E-state index contributed by atoms with van der Waals surface area (Å²) in [4.78, 5) is 7.74. The largest absolute Gasteiger partial charge is 0.381 e. The highest BCUT2D eigenvalue weighted by Crippen LogP contribution is 2.18. The average Bonchev–Trinajstić information content (AvgIpc) is 2.49. The molecule has 2 aromatic heterocycles. The molecule has 0 saturated heterocycles. The summed E-state index contributed by atoms with van der Waals surface area (Å²) in [5, 5.41) is 4.05. The molecule has 0 aliphatic heterocycles. The fourth-order valence-electron chi connectivity index (χ4n) is 0.908. The molecule has 2 aromatic rings. The van der Waals surface area contributed by atoms with Gasteiger partial charge < -0.3 is 5.73 Å². The molecule has 0 fully saturated rings. The van der Waals surface area contributed by atoms with Crippen molar-refractivity contribution in [3.8, 4) is 5.69 Å². The summed E-state index contributed by atoms with van der Waals surface area (Å²) in [6.45, 7) is 0. The number of hydrogen-bond acceptors (Lipinski definition) is 4. The molecule has 2 rings (SSSR count). The van der Waals surface area contributed by atoms with Crippen LogP contribution in [0.1, 0.15) is 0 Å². The van der Waals surface area contributed by atoms with E-state index in [0.29, 0.717) is 5.82 Å². The molecule has 0 spiro atoms. The maximum Gasteiger partial charge on any atom is 0.160 e. The minimum Gasteiger partial charge on any atom is -0.381 e. The minimum absolute atomic E-state index is 0.448. The first-order valence-electron chi connectivity index (χ1n) is 3.53. The first-order chi connectivity index (χ1) is 6.27. The van der Waals surface area contributed by atoms with Gasteiger partial charge in [-0.3, -0.25) is 0 Å². The zero-order valence-electron chi connectivity index (χ0n) is 6.55. The van der Waals surface area contributed by atoms with Crippen molar-refractivity contribution in [3.05, 3.63) is 29.4 Å². The Bertz CT molecular complexity index is 391. The first-order valence-corrected chi connectivity index (χ1v) is 4.32. The van der Waals surface area contributed by atoms with E-state index in [4.69, 9.17) is 5.73 Å². The van der Waals surface area contributed by atoms with Gasteiger partial charge in [0.05, 0.1) is 16.9 Å². The Morgan fingerprint density at radius 1 is 1.31 bits per heavy atom. The molecule has 0 aliphatic carbocycles. The number of rotatable bonds is 1. The number of nitrogens with zero attached hydrogens (tertiary/aromatic N) is 4. The van der Waals surface area contributed by atoms with E-state index >= 15 is 0 Å². The number of halogens is 1. The molecule has 0 atom stereocenters. The minimum atomic E-state index is 0.448. The summed E-state index contributed by atoms with van der Waals surface area (Å²) in [5.74, 6) is 0.448. The summed E-state index contributed by atoms with van der Waals surface area (Å²) in [5.41, 5.74) is 6.34. The highest BCUT2D eigenvalue weighted by atomic mass is 79.9. The quantitative estimate of drug-likeness (QED) is 0.807. The maximum atomic E-state index is 5.56. The zero-order chi connectivity index (χ0) is 9.26. The lowest BCUT2D eigenvalue weighted by molar-refractivity contribution is 0.868. The molecule has 0 unspecified atom stereocenters. The van der Waals surface area contributed by atoms with Crippen LogP contribution in [-0.2, 0) is 0 Å². The van der Waals surface area contributed by atoms with Crippen molar-refractivity contribution in [1.82, 2.24) is 19.7 Å². The summed E-state index contributed by atoms with van der Waals surface area (Å²) in [6, 6.07) is 0. The Balaban J connectivity index is 2.48. The summed E-state index contributed by atoms with van der Waals surface area (Å²) in [7, 11) is 0. The van der Waals surface area contributed by atoms with E-state index in [2.05, 4.69) is 31.0 Å². The Morgan fingerprint density at radius 2 is 2.00 bits per heavy atom. The van der Waals surface area contributed by atoms with Gasteiger partial charge in [-0.2, -0.15) is 0 Å². The monoisotopic (exact) mass is 239 g/mol. The van der Waals surface area contributed by atoms with Gasteiger partial charge in [0, 0.05) is 6.20 Å². The van der Waals surface area contributed by atoms with Crippen LogP contribution in [0.4, 0.5) is 5.82 Å². The fraction of sp³-hybridized carbons (Fsp3) is 0. The van der Waals surface area contributed by atoms with Crippen LogP contribution in [0.3, 0.4) is 0 Å². The van der Waals surface area contributed by atoms with E-state index in [1.807, 2.05) is 0 Å². The number of nitrogens with two attached hydrogens (primary N) is 1. The van der Waals surface area contributed by atoms with Crippen molar-refractivity contribution < 1.29 is 0 Å². The topological polar surface area (TPSA) is 69.6 Å². The molecule has 0 aliphatic rings. The number of anilines is 1. The van der Waals surface area contributed by atoms with Gasteiger partial charge in [0.1, 0.15) is 12.0 Å². The molecule has 5 nitrogen and oxygen atoms in total. The van der Waals surface area contributed by atoms with Crippen LogP contribution < -0.4 is 5.73 Å². The average molecular weight is 240 g/mol. The molecule has 6 heteroatoms. The lowest BCUT2D eigenvalue weighted by Crippen LogP contribution is -1.97. The SMILES string of the molecule is Nc1nn(-c2cncnc2)cc1Br. The fourth-order valence-corrected chi connectivity index (χ4v) is 1.18. The van der Waals surface area contributed by atoms with E-state index < -0.39 is 0 Å². The highest BCUT2D eigenvalue weighted by molar-refractivity contribution is 9.10. The second-order valence-electron chi connectivity index (χ2n) is 2.40. The molecule has 0 amide bonds. The molecule has 2 heterocycles. The van der Waals surface area contributed by atoms with Crippen LogP contribution in [0.15, 0.2) is 29.4 Å². The van der Waals surface area contributed by atoms with Crippen LogP contribution >= 0.6 is 15.9 Å². The number of nitrogen functional groups attached to an aromatic ring is 1. The standard InChI is InChI=1S/C7H6BrN5/c8-6-3-13(12-7(6)9)5-1-10-4-11-2-5/h1-4H,(H2,9,12). The molecule has 0 radical (unpaired) electrons. The van der Waals surface area contributed by atoms with Crippen LogP contribution in [0.2, 0.25) is 0 Å². The van der Waals surface area contributed by atoms with Crippen LogP contribution in [0.5, 0.6) is 0 Å².